The van der Waals surface area contributed by atoms with Crippen molar-refractivity contribution >= 4 is 17.6 Å². The number of nitrogens with zero attached hydrogens (tertiary/aromatic N) is 2. The van der Waals surface area contributed by atoms with Crippen LogP contribution in [0.2, 0.25) is 0 Å². The summed E-state index contributed by atoms with van der Waals surface area (Å²) in [5.41, 5.74) is 6.47. The standard InChI is InChI=1S/C12H15N3O3/c1-18-12(17)10-3-2-9(6-14-10)15-7-8(5-13)4-11(15)16/h2-3,6,8H,4-5,7,13H2,1H3. The average Bonchev–Trinajstić information content (AvgIpc) is 2.79. The first kappa shape index (κ1) is 12.5. The lowest BCUT2D eigenvalue weighted by Gasteiger charge is -2.16. The number of rotatable bonds is 3. The highest BCUT2D eigenvalue weighted by atomic mass is 16.5. The first-order chi connectivity index (χ1) is 8.65. The summed E-state index contributed by atoms with van der Waals surface area (Å²) in [4.78, 5) is 28.6. The second kappa shape index (κ2) is 5.14. The lowest BCUT2D eigenvalue weighted by molar-refractivity contribution is -0.117. The van der Waals surface area contributed by atoms with Crippen LogP contribution in [0.4, 0.5) is 5.69 Å². The Morgan fingerprint density at radius 2 is 2.39 bits per heavy atom. The van der Waals surface area contributed by atoms with E-state index in [0.717, 1.165) is 0 Å². The number of hydrogen-bond donors (Lipinski definition) is 1. The summed E-state index contributed by atoms with van der Waals surface area (Å²) >= 11 is 0. The SMILES string of the molecule is COC(=O)c1ccc(N2CC(CN)CC2=O)cn1. The molecule has 0 radical (unpaired) electrons. The molecule has 1 aromatic rings. The summed E-state index contributed by atoms with van der Waals surface area (Å²) in [5.74, 6) is -0.259. The van der Waals surface area contributed by atoms with Crippen molar-refractivity contribution in [3.8, 4) is 0 Å². The average molecular weight is 249 g/mol. The molecule has 2 heterocycles. The summed E-state index contributed by atoms with van der Waals surface area (Å²) in [5, 5.41) is 0. The van der Waals surface area contributed by atoms with E-state index in [-0.39, 0.29) is 17.5 Å². The molecular formula is C12H15N3O3. The number of anilines is 1. The van der Waals surface area contributed by atoms with Crippen LogP contribution in [-0.4, -0.2) is 37.1 Å². The van der Waals surface area contributed by atoms with Crippen LogP contribution in [0.25, 0.3) is 0 Å². The normalized spacial score (nSPS) is 19.1. The molecule has 0 spiro atoms. The quantitative estimate of drug-likeness (QED) is 0.772. The number of hydrogen-bond acceptors (Lipinski definition) is 5. The summed E-state index contributed by atoms with van der Waals surface area (Å²) in [6, 6.07) is 3.24. The summed E-state index contributed by atoms with van der Waals surface area (Å²) in [6.07, 6.45) is 1.97. The van der Waals surface area contributed by atoms with Crippen LogP contribution in [0.5, 0.6) is 0 Å². The highest BCUT2D eigenvalue weighted by Gasteiger charge is 2.29. The number of ether oxygens (including phenoxy) is 1. The number of aromatic nitrogens is 1. The Hall–Kier alpha value is -1.95. The molecule has 1 unspecified atom stereocenters. The maximum absolute atomic E-state index is 11.8. The van der Waals surface area contributed by atoms with Crippen LogP contribution in [0.1, 0.15) is 16.9 Å². The third-order valence-corrected chi connectivity index (χ3v) is 2.99. The zero-order valence-electron chi connectivity index (χ0n) is 10.1. The van der Waals surface area contributed by atoms with E-state index in [4.69, 9.17) is 5.73 Å². The van der Waals surface area contributed by atoms with Crippen LogP contribution in [0.15, 0.2) is 18.3 Å². The lowest BCUT2D eigenvalue weighted by Crippen LogP contribution is -2.26. The molecule has 0 saturated carbocycles. The third kappa shape index (κ3) is 2.33. The molecular weight excluding hydrogens is 234 g/mol. The van der Waals surface area contributed by atoms with Gasteiger partial charge in [-0.2, -0.15) is 0 Å². The molecule has 1 fully saturated rings. The van der Waals surface area contributed by atoms with Crippen LogP contribution >= 0.6 is 0 Å². The van der Waals surface area contributed by atoms with Crippen molar-refractivity contribution in [2.24, 2.45) is 11.7 Å². The van der Waals surface area contributed by atoms with Crippen molar-refractivity contribution in [1.82, 2.24) is 4.98 Å². The summed E-state index contributed by atoms with van der Waals surface area (Å²) < 4.78 is 4.56. The van der Waals surface area contributed by atoms with Gasteiger partial charge >= 0.3 is 5.97 Å². The molecule has 1 amide bonds. The van der Waals surface area contributed by atoms with E-state index in [2.05, 4.69) is 9.72 Å². The Bertz CT molecular complexity index is 458. The van der Waals surface area contributed by atoms with Gasteiger partial charge in [0.05, 0.1) is 19.0 Å². The van der Waals surface area contributed by atoms with Gasteiger partial charge in [-0.3, -0.25) is 4.79 Å². The Morgan fingerprint density at radius 3 is 2.89 bits per heavy atom. The van der Waals surface area contributed by atoms with E-state index >= 15 is 0 Å². The van der Waals surface area contributed by atoms with Gasteiger partial charge in [-0.25, -0.2) is 9.78 Å². The zero-order valence-corrected chi connectivity index (χ0v) is 10.1. The third-order valence-electron chi connectivity index (χ3n) is 2.99. The molecule has 1 aliphatic heterocycles. The van der Waals surface area contributed by atoms with Crippen molar-refractivity contribution in [3.05, 3.63) is 24.0 Å². The predicted molar refractivity (Wildman–Crippen MR) is 65.1 cm³/mol. The van der Waals surface area contributed by atoms with Gasteiger partial charge in [0.2, 0.25) is 5.91 Å². The second-order valence-electron chi connectivity index (χ2n) is 4.20. The Labute approximate surface area is 105 Å². The Morgan fingerprint density at radius 1 is 1.61 bits per heavy atom. The van der Waals surface area contributed by atoms with Gasteiger partial charge in [-0.05, 0) is 24.6 Å². The van der Waals surface area contributed by atoms with Crippen LogP contribution in [-0.2, 0) is 9.53 Å². The Kier molecular flexibility index (Phi) is 3.57. The molecule has 0 aromatic carbocycles. The fourth-order valence-corrected chi connectivity index (χ4v) is 1.96. The molecule has 1 saturated heterocycles. The van der Waals surface area contributed by atoms with E-state index in [9.17, 15) is 9.59 Å². The van der Waals surface area contributed by atoms with Crippen molar-refractivity contribution in [2.75, 3.05) is 25.1 Å². The van der Waals surface area contributed by atoms with E-state index < -0.39 is 5.97 Å². The topological polar surface area (TPSA) is 85.5 Å². The summed E-state index contributed by atoms with van der Waals surface area (Å²) in [7, 11) is 1.30. The van der Waals surface area contributed by atoms with Gasteiger partial charge in [-0.1, -0.05) is 0 Å². The van der Waals surface area contributed by atoms with Crippen LogP contribution < -0.4 is 10.6 Å². The molecule has 0 bridgehead atoms. The molecule has 2 N–H and O–H groups in total. The molecule has 18 heavy (non-hydrogen) atoms. The van der Waals surface area contributed by atoms with Gasteiger partial charge in [0.15, 0.2) is 0 Å². The smallest absolute Gasteiger partial charge is 0.356 e. The maximum Gasteiger partial charge on any atom is 0.356 e. The molecule has 1 aliphatic rings. The van der Waals surface area contributed by atoms with E-state index in [1.54, 1.807) is 17.0 Å². The molecule has 1 atom stereocenters. The minimum atomic E-state index is -0.492. The largest absolute Gasteiger partial charge is 0.464 e. The van der Waals surface area contributed by atoms with Gasteiger partial charge in [-0.15, -0.1) is 0 Å². The second-order valence-corrected chi connectivity index (χ2v) is 4.20. The molecule has 6 heteroatoms. The van der Waals surface area contributed by atoms with Crippen molar-refractivity contribution in [2.45, 2.75) is 6.42 Å². The minimum absolute atomic E-state index is 0.0399. The van der Waals surface area contributed by atoms with E-state index in [1.807, 2.05) is 0 Å². The van der Waals surface area contributed by atoms with Crippen molar-refractivity contribution in [1.29, 1.82) is 0 Å². The van der Waals surface area contributed by atoms with Gasteiger partial charge in [0.1, 0.15) is 5.69 Å². The van der Waals surface area contributed by atoms with Crippen LogP contribution in [0.3, 0.4) is 0 Å². The maximum atomic E-state index is 11.8. The predicted octanol–water partition coefficient (Wildman–Crippen LogP) is 0.180. The fraction of sp³-hybridized carbons (Fsp3) is 0.417. The number of nitrogens with two attached hydrogens (primary N) is 1. The zero-order chi connectivity index (χ0) is 13.1. The number of methoxy groups -OCH3 is 1. The molecule has 2 rings (SSSR count). The number of amides is 1. The van der Waals surface area contributed by atoms with Gasteiger partial charge in [0, 0.05) is 13.0 Å². The molecule has 6 nitrogen and oxygen atoms in total. The molecule has 0 aliphatic carbocycles. The van der Waals surface area contributed by atoms with Crippen molar-refractivity contribution in [3.63, 3.8) is 0 Å². The first-order valence-corrected chi connectivity index (χ1v) is 5.70. The number of carbonyl (C=O) groups excluding carboxylic acids is 2. The first-order valence-electron chi connectivity index (χ1n) is 5.70. The van der Waals surface area contributed by atoms with E-state index in [0.29, 0.717) is 25.2 Å². The monoisotopic (exact) mass is 249 g/mol. The number of esters is 1. The number of carbonyl (C=O) groups is 2. The minimum Gasteiger partial charge on any atom is -0.464 e. The Balaban J connectivity index is 2.15. The number of pyridine rings is 1. The lowest BCUT2D eigenvalue weighted by atomic mass is 10.1. The highest BCUT2D eigenvalue weighted by Crippen LogP contribution is 2.23. The highest BCUT2D eigenvalue weighted by molar-refractivity contribution is 5.96. The summed E-state index contributed by atoms with van der Waals surface area (Å²) in [6.45, 7) is 1.10. The molecule has 1 aromatic heterocycles. The van der Waals surface area contributed by atoms with Crippen molar-refractivity contribution < 1.29 is 14.3 Å². The van der Waals surface area contributed by atoms with E-state index in [1.165, 1.54) is 13.3 Å². The van der Waals surface area contributed by atoms with Crippen LogP contribution in [0, 0.1) is 5.92 Å². The van der Waals surface area contributed by atoms with Gasteiger partial charge in [0.25, 0.3) is 0 Å². The van der Waals surface area contributed by atoms with Gasteiger partial charge < -0.3 is 15.4 Å². The molecule has 96 valence electrons. The fourth-order valence-electron chi connectivity index (χ4n) is 1.96.